The van der Waals surface area contributed by atoms with Crippen LogP contribution in [0.3, 0.4) is 0 Å². The van der Waals surface area contributed by atoms with Crippen molar-refractivity contribution in [2.45, 2.75) is 11.4 Å². The zero-order valence-electron chi connectivity index (χ0n) is 9.80. The van der Waals surface area contributed by atoms with Crippen molar-refractivity contribution in [1.82, 2.24) is 4.98 Å². The molecule has 1 aromatic rings. The van der Waals surface area contributed by atoms with Gasteiger partial charge in [0.1, 0.15) is 5.82 Å². The Bertz CT molecular complexity index is 387. The van der Waals surface area contributed by atoms with Gasteiger partial charge in [0, 0.05) is 32.6 Å². The second kappa shape index (κ2) is 7.08. The number of ether oxygens (including phenoxy) is 1. The Hall–Kier alpha value is -1.34. The van der Waals surface area contributed by atoms with Gasteiger partial charge < -0.3 is 10.1 Å². The molecule has 0 spiro atoms. The monoisotopic (exact) mass is 257 g/mol. The van der Waals surface area contributed by atoms with Gasteiger partial charge in [-0.15, -0.1) is 0 Å². The highest BCUT2D eigenvalue weighted by atomic mass is 32.2. The summed E-state index contributed by atoms with van der Waals surface area (Å²) in [7, 11) is 3.36. The normalized spacial score (nSPS) is 10.2. The fraction of sp³-hybridized carbons (Fsp3) is 0.500. The van der Waals surface area contributed by atoms with Crippen LogP contribution in [0.2, 0.25) is 0 Å². The number of nitrogens with zero attached hydrogens (tertiary/aromatic N) is 2. The molecule has 0 fully saturated rings. The van der Waals surface area contributed by atoms with Crippen LogP contribution >= 0.6 is 11.8 Å². The maximum atomic E-state index is 10.8. The summed E-state index contributed by atoms with van der Waals surface area (Å²) in [6.45, 7) is 0.645. The first kappa shape index (κ1) is 13.7. The van der Waals surface area contributed by atoms with Crippen LogP contribution in [0.5, 0.6) is 0 Å². The van der Waals surface area contributed by atoms with E-state index in [0.717, 1.165) is 12.2 Å². The van der Waals surface area contributed by atoms with Gasteiger partial charge in [0.2, 0.25) is 0 Å². The molecule has 1 aromatic heterocycles. The second-order valence-corrected chi connectivity index (χ2v) is 4.31. The van der Waals surface area contributed by atoms with Crippen molar-refractivity contribution in [1.29, 1.82) is 0 Å². The van der Waals surface area contributed by atoms with Crippen LogP contribution in [0.1, 0.15) is 6.42 Å². The van der Waals surface area contributed by atoms with Crippen LogP contribution in [0.15, 0.2) is 17.2 Å². The standard InChI is InChI=1S/C10H15N3O3S/c1-11-9-5-4-8(13(14)15)10(12-9)17-7-3-6-16-2/h4-5H,3,6-7H2,1-2H3,(H,11,12). The molecule has 17 heavy (non-hydrogen) atoms. The predicted octanol–water partition coefficient (Wildman–Crippen LogP) is 2.16. The highest BCUT2D eigenvalue weighted by Crippen LogP contribution is 2.28. The van der Waals surface area contributed by atoms with E-state index < -0.39 is 4.92 Å². The van der Waals surface area contributed by atoms with Crippen molar-refractivity contribution >= 4 is 23.3 Å². The molecular weight excluding hydrogens is 242 g/mol. The fourth-order valence-electron chi connectivity index (χ4n) is 1.19. The smallest absolute Gasteiger partial charge is 0.301 e. The molecule has 0 unspecified atom stereocenters. The third kappa shape index (κ3) is 4.20. The summed E-state index contributed by atoms with van der Waals surface area (Å²) in [4.78, 5) is 14.6. The molecular formula is C10H15N3O3S. The molecule has 0 aliphatic rings. The summed E-state index contributed by atoms with van der Waals surface area (Å²) >= 11 is 1.37. The van der Waals surface area contributed by atoms with Gasteiger partial charge in [0.15, 0.2) is 5.03 Å². The molecule has 7 heteroatoms. The average molecular weight is 257 g/mol. The van der Waals surface area contributed by atoms with Gasteiger partial charge in [-0.05, 0) is 12.5 Å². The van der Waals surface area contributed by atoms with E-state index in [1.165, 1.54) is 17.8 Å². The van der Waals surface area contributed by atoms with Gasteiger partial charge in [0.25, 0.3) is 0 Å². The SMILES string of the molecule is CNc1ccc([N+](=O)[O-])c(SCCCOC)n1. The second-order valence-electron chi connectivity index (χ2n) is 3.22. The van der Waals surface area contributed by atoms with E-state index in [0.29, 0.717) is 17.5 Å². The number of nitrogens with one attached hydrogen (secondary N) is 1. The molecule has 0 atom stereocenters. The molecule has 6 nitrogen and oxygen atoms in total. The van der Waals surface area contributed by atoms with Crippen molar-refractivity contribution in [3.63, 3.8) is 0 Å². The van der Waals surface area contributed by atoms with Crippen LogP contribution in [-0.2, 0) is 4.74 Å². The van der Waals surface area contributed by atoms with Gasteiger partial charge >= 0.3 is 5.69 Å². The number of methoxy groups -OCH3 is 1. The molecule has 0 amide bonds. The summed E-state index contributed by atoms with van der Waals surface area (Å²) in [5.74, 6) is 1.37. The molecule has 1 heterocycles. The molecule has 0 radical (unpaired) electrons. The van der Waals surface area contributed by atoms with Gasteiger partial charge in [0.05, 0.1) is 4.92 Å². The summed E-state index contributed by atoms with van der Waals surface area (Å²) in [5.41, 5.74) is 0.0476. The van der Waals surface area contributed by atoms with Gasteiger partial charge in [-0.1, -0.05) is 11.8 Å². The van der Waals surface area contributed by atoms with E-state index in [1.54, 1.807) is 20.2 Å². The lowest BCUT2D eigenvalue weighted by atomic mass is 10.4. The molecule has 0 aromatic carbocycles. The molecule has 0 aliphatic heterocycles. The number of hydrogen-bond acceptors (Lipinski definition) is 6. The Morgan fingerprint density at radius 1 is 1.59 bits per heavy atom. The molecule has 0 bridgehead atoms. The molecule has 0 aliphatic carbocycles. The molecule has 0 saturated carbocycles. The van der Waals surface area contributed by atoms with Crippen molar-refractivity contribution in [3.05, 3.63) is 22.2 Å². The largest absolute Gasteiger partial charge is 0.385 e. The van der Waals surface area contributed by atoms with Crippen LogP contribution in [0, 0.1) is 10.1 Å². The minimum absolute atomic E-state index is 0.0476. The van der Waals surface area contributed by atoms with E-state index >= 15 is 0 Å². The maximum Gasteiger partial charge on any atom is 0.301 e. The number of pyridine rings is 1. The van der Waals surface area contributed by atoms with Crippen molar-refractivity contribution in [2.24, 2.45) is 0 Å². The van der Waals surface area contributed by atoms with Crippen molar-refractivity contribution in [3.8, 4) is 0 Å². The van der Waals surface area contributed by atoms with Crippen molar-refractivity contribution in [2.75, 3.05) is 31.8 Å². The first-order chi connectivity index (χ1) is 8.19. The highest BCUT2D eigenvalue weighted by Gasteiger charge is 2.15. The van der Waals surface area contributed by atoms with E-state index in [4.69, 9.17) is 4.74 Å². The first-order valence-electron chi connectivity index (χ1n) is 5.14. The van der Waals surface area contributed by atoms with E-state index in [1.807, 2.05) is 0 Å². The number of hydrogen-bond donors (Lipinski definition) is 1. The summed E-state index contributed by atoms with van der Waals surface area (Å²) < 4.78 is 4.92. The Labute approximate surface area is 104 Å². The topological polar surface area (TPSA) is 77.3 Å². The van der Waals surface area contributed by atoms with Gasteiger partial charge in [-0.25, -0.2) is 4.98 Å². The lowest BCUT2D eigenvalue weighted by molar-refractivity contribution is -0.388. The number of aromatic nitrogens is 1. The Kier molecular flexibility index (Phi) is 5.71. The fourth-order valence-corrected chi connectivity index (χ4v) is 2.10. The average Bonchev–Trinajstić information content (AvgIpc) is 2.34. The number of anilines is 1. The zero-order valence-corrected chi connectivity index (χ0v) is 10.6. The molecule has 1 rings (SSSR count). The first-order valence-corrected chi connectivity index (χ1v) is 6.12. The molecule has 94 valence electrons. The van der Waals surface area contributed by atoms with Gasteiger partial charge in [-0.3, -0.25) is 10.1 Å². The van der Waals surface area contributed by atoms with Crippen molar-refractivity contribution < 1.29 is 9.66 Å². The van der Waals surface area contributed by atoms with Gasteiger partial charge in [-0.2, -0.15) is 0 Å². The third-order valence-corrected chi connectivity index (χ3v) is 3.09. The molecule has 1 N–H and O–H groups in total. The van der Waals surface area contributed by atoms with Crippen LogP contribution in [0.4, 0.5) is 11.5 Å². The third-order valence-electron chi connectivity index (χ3n) is 2.02. The van der Waals surface area contributed by atoms with Crippen LogP contribution < -0.4 is 5.32 Å². The highest BCUT2D eigenvalue weighted by molar-refractivity contribution is 7.99. The van der Waals surface area contributed by atoms with Crippen LogP contribution in [-0.4, -0.2) is 36.4 Å². The zero-order chi connectivity index (χ0) is 12.7. The predicted molar refractivity (Wildman–Crippen MR) is 67.7 cm³/mol. The lowest BCUT2D eigenvalue weighted by Gasteiger charge is -2.04. The summed E-state index contributed by atoms with van der Waals surface area (Å²) in [6, 6.07) is 3.06. The number of rotatable bonds is 7. The summed E-state index contributed by atoms with van der Waals surface area (Å²) in [6.07, 6.45) is 0.837. The molecule has 0 saturated heterocycles. The lowest BCUT2D eigenvalue weighted by Crippen LogP contribution is -1.99. The number of nitro groups is 1. The minimum atomic E-state index is -0.412. The van der Waals surface area contributed by atoms with Crippen LogP contribution in [0.25, 0.3) is 0 Å². The quantitative estimate of drug-likeness (QED) is 0.349. The minimum Gasteiger partial charge on any atom is -0.385 e. The summed E-state index contributed by atoms with van der Waals surface area (Å²) in [5, 5.41) is 14.1. The van der Waals surface area contributed by atoms with E-state index in [-0.39, 0.29) is 5.69 Å². The Morgan fingerprint density at radius 3 is 2.94 bits per heavy atom. The van der Waals surface area contributed by atoms with E-state index in [2.05, 4.69) is 10.3 Å². The van der Waals surface area contributed by atoms with E-state index in [9.17, 15) is 10.1 Å². The Morgan fingerprint density at radius 2 is 2.35 bits per heavy atom. The maximum absolute atomic E-state index is 10.8. The Balaban J connectivity index is 2.75. The number of thioether (sulfide) groups is 1.